The lowest BCUT2D eigenvalue weighted by Crippen LogP contribution is -2.20. The van der Waals surface area contributed by atoms with Crippen LogP contribution in [0.4, 0.5) is 0 Å². The molecule has 2 bridgehead atoms. The summed E-state index contributed by atoms with van der Waals surface area (Å²) in [6.07, 6.45) is 7.66. The Morgan fingerprint density at radius 2 is 1.05 bits per heavy atom. The zero-order valence-electron chi connectivity index (χ0n) is 13.3. The first kappa shape index (κ1) is 13.6. The minimum Gasteiger partial charge on any atom is -0.0726 e. The molecule has 0 aliphatic heterocycles. The predicted molar refractivity (Wildman–Crippen MR) is 94.5 cm³/mol. The Kier molecular flexibility index (Phi) is 3.26. The molecular formula is C22H22. The summed E-state index contributed by atoms with van der Waals surface area (Å²) < 4.78 is 0. The SMILES string of the molecule is Cc1ccccc1C1=C[C@H]2CC[C@@H]1C=C2c1ccccc1C. The number of benzene rings is 2. The van der Waals surface area contributed by atoms with Gasteiger partial charge in [0.05, 0.1) is 0 Å². The van der Waals surface area contributed by atoms with E-state index in [1.54, 1.807) is 11.1 Å². The van der Waals surface area contributed by atoms with Crippen LogP contribution in [-0.4, -0.2) is 0 Å². The Balaban J connectivity index is 1.75. The summed E-state index contributed by atoms with van der Waals surface area (Å²) in [5, 5.41) is 0. The van der Waals surface area contributed by atoms with Gasteiger partial charge in [-0.15, -0.1) is 0 Å². The van der Waals surface area contributed by atoms with Crippen LogP contribution in [0.2, 0.25) is 0 Å². The molecular weight excluding hydrogens is 264 g/mol. The number of hydrogen-bond donors (Lipinski definition) is 0. The lowest BCUT2D eigenvalue weighted by Gasteiger charge is -2.36. The Hall–Kier alpha value is -2.08. The third kappa shape index (κ3) is 2.14. The van der Waals surface area contributed by atoms with Gasteiger partial charge in [0.25, 0.3) is 0 Å². The highest BCUT2D eigenvalue weighted by molar-refractivity contribution is 5.83. The summed E-state index contributed by atoms with van der Waals surface area (Å²) in [4.78, 5) is 0. The lowest BCUT2D eigenvalue weighted by atomic mass is 9.68. The fourth-order valence-corrected chi connectivity index (χ4v) is 4.07. The van der Waals surface area contributed by atoms with E-state index < -0.39 is 0 Å². The number of hydrogen-bond acceptors (Lipinski definition) is 0. The Bertz CT molecular complexity index is 709. The van der Waals surface area contributed by atoms with Crippen LogP contribution in [-0.2, 0) is 0 Å². The molecule has 2 aromatic rings. The molecule has 2 aromatic carbocycles. The number of rotatable bonds is 2. The quantitative estimate of drug-likeness (QED) is 0.653. The van der Waals surface area contributed by atoms with Gasteiger partial charge in [0, 0.05) is 11.8 Å². The third-order valence-corrected chi connectivity index (χ3v) is 5.26. The van der Waals surface area contributed by atoms with Gasteiger partial charge in [0.1, 0.15) is 0 Å². The van der Waals surface area contributed by atoms with Gasteiger partial charge in [0.2, 0.25) is 0 Å². The van der Waals surface area contributed by atoms with Gasteiger partial charge in [-0.2, -0.15) is 0 Å². The Labute approximate surface area is 133 Å². The molecule has 0 heteroatoms. The average Bonchev–Trinajstić information content (AvgIpc) is 2.56. The number of aryl methyl sites for hydroxylation is 2. The van der Waals surface area contributed by atoms with Gasteiger partial charge in [-0.3, -0.25) is 0 Å². The highest BCUT2D eigenvalue weighted by atomic mass is 14.4. The molecule has 0 radical (unpaired) electrons. The topological polar surface area (TPSA) is 0 Å². The standard InChI is InChI=1S/C22H22/c1-15-7-3-5-9-19(15)21-13-18-12-11-17(21)14-22(18)20-10-6-4-8-16(20)2/h3-10,13-14,17-18H,11-12H2,1-2H3/t17-,18-/m1/s1. The van der Waals surface area contributed by atoms with E-state index in [2.05, 4.69) is 74.5 Å². The second-order valence-corrected chi connectivity index (χ2v) is 6.66. The van der Waals surface area contributed by atoms with Crippen LogP contribution in [0.1, 0.15) is 35.1 Å². The largest absolute Gasteiger partial charge is 0.0726 e. The van der Waals surface area contributed by atoms with Crippen molar-refractivity contribution < 1.29 is 0 Å². The summed E-state index contributed by atoms with van der Waals surface area (Å²) in [5.41, 5.74) is 8.77. The molecule has 5 rings (SSSR count). The maximum Gasteiger partial charge on any atom is 0.00276 e. The molecule has 0 unspecified atom stereocenters. The van der Waals surface area contributed by atoms with Crippen LogP contribution in [0, 0.1) is 25.7 Å². The smallest absolute Gasteiger partial charge is 0.00276 e. The van der Waals surface area contributed by atoms with Crippen molar-refractivity contribution in [3.05, 3.63) is 82.9 Å². The first-order valence-electron chi connectivity index (χ1n) is 8.29. The van der Waals surface area contributed by atoms with Gasteiger partial charge in [0.15, 0.2) is 0 Å². The van der Waals surface area contributed by atoms with E-state index >= 15 is 0 Å². The molecule has 0 saturated carbocycles. The molecule has 0 saturated heterocycles. The van der Waals surface area contributed by atoms with Crippen molar-refractivity contribution in [2.24, 2.45) is 11.8 Å². The second kappa shape index (κ2) is 5.28. The molecule has 3 aliphatic rings. The molecule has 0 N–H and O–H groups in total. The van der Waals surface area contributed by atoms with Crippen LogP contribution in [0.25, 0.3) is 11.1 Å². The summed E-state index contributed by atoms with van der Waals surface area (Å²) in [7, 11) is 0. The molecule has 3 aliphatic carbocycles. The third-order valence-electron chi connectivity index (χ3n) is 5.26. The van der Waals surface area contributed by atoms with Crippen LogP contribution in [0.15, 0.2) is 60.7 Å². The fraction of sp³-hybridized carbons (Fsp3) is 0.273. The van der Waals surface area contributed by atoms with E-state index in [0.717, 1.165) is 0 Å². The lowest BCUT2D eigenvalue weighted by molar-refractivity contribution is 0.556. The molecule has 22 heavy (non-hydrogen) atoms. The van der Waals surface area contributed by atoms with E-state index in [4.69, 9.17) is 0 Å². The number of fused-ring (bicyclic) bond motifs is 1. The average molecular weight is 286 g/mol. The van der Waals surface area contributed by atoms with E-state index in [9.17, 15) is 0 Å². The van der Waals surface area contributed by atoms with Crippen LogP contribution in [0.3, 0.4) is 0 Å². The number of allylic oxidation sites excluding steroid dienone is 4. The summed E-state index contributed by atoms with van der Waals surface area (Å²) in [6, 6.07) is 17.6. The van der Waals surface area contributed by atoms with Gasteiger partial charge in [-0.25, -0.2) is 0 Å². The summed E-state index contributed by atoms with van der Waals surface area (Å²) in [6.45, 7) is 4.45. The van der Waals surface area contributed by atoms with Crippen LogP contribution < -0.4 is 0 Å². The zero-order chi connectivity index (χ0) is 15.1. The zero-order valence-corrected chi connectivity index (χ0v) is 13.3. The summed E-state index contributed by atoms with van der Waals surface area (Å²) in [5.74, 6) is 1.17. The molecule has 0 aromatic heterocycles. The van der Waals surface area contributed by atoms with Crippen molar-refractivity contribution in [2.75, 3.05) is 0 Å². The maximum absolute atomic E-state index is 2.54. The first-order chi connectivity index (χ1) is 10.7. The van der Waals surface area contributed by atoms with Gasteiger partial charge < -0.3 is 0 Å². The molecule has 2 atom stereocenters. The highest BCUT2D eigenvalue weighted by Crippen LogP contribution is 2.48. The van der Waals surface area contributed by atoms with Gasteiger partial charge in [-0.1, -0.05) is 60.7 Å². The van der Waals surface area contributed by atoms with Crippen molar-refractivity contribution in [2.45, 2.75) is 26.7 Å². The second-order valence-electron chi connectivity index (χ2n) is 6.66. The van der Waals surface area contributed by atoms with E-state index in [0.29, 0.717) is 11.8 Å². The highest BCUT2D eigenvalue weighted by Gasteiger charge is 2.31. The fourth-order valence-electron chi connectivity index (χ4n) is 4.07. The van der Waals surface area contributed by atoms with Crippen LogP contribution >= 0.6 is 0 Å². The Morgan fingerprint density at radius 1 is 0.636 bits per heavy atom. The molecule has 0 amide bonds. The van der Waals surface area contributed by atoms with Crippen molar-refractivity contribution in [1.82, 2.24) is 0 Å². The van der Waals surface area contributed by atoms with Gasteiger partial charge >= 0.3 is 0 Å². The van der Waals surface area contributed by atoms with Gasteiger partial charge in [-0.05, 0) is 60.1 Å². The predicted octanol–water partition coefficient (Wildman–Crippen LogP) is 5.81. The maximum atomic E-state index is 2.54. The molecule has 0 fully saturated rings. The van der Waals surface area contributed by atoms with Crippen molar-refractivity contribution in [3.63, 3.8) is 0 Å². The van der Waals surface area contributed by atoms with Crippen molar-refractivity contribution >= 4 is 11.1 Å². The normalized spacial score (nSPS) is 23.2. The molecule has 110 valence electrons. The van der Waals surface area contributed by atoms with Crippen LogP contribution in [0.5, 0.6) is 0 Å². The monoisotopic (exact) mass is 286 g/mol. The molecule has 0 heterocycles. The van der Waals surface area contributed by atoms with E-state index in [1.807, 2.05) is 0 Å². The minimum absolute atomic E-state index is 0.584. The molecule has 0 spiro atoms. The van der Waals surface area contributed by atoms with E-state index in [-0.39, 0.29) is 0 Å². The Morgan fingerprint density at radius 3 is 1.41 bits per heavy atom. The summed E-state index contributed by atoms with van der Waals surface area (Å²) >= 11 is 0. The van der Waals surface area contributed by atoms with Crippen molar-refractivity contribution in [1.29, 1.82) is 0 Å². The molecule has 0 nitrogen and oxygen atoms in total. The minimum atomic E-state index is 0.584. The first-order valence-corrected chi connectivity index (χ1v) is 8.29. The van der Waals surface area contributed by atoms with E-state index in [1.165, 1.54) is 35.1 Å². The van der Waals surface area contributed by atoms with Crippen molar-refractivity contribution in [3.8, 4) is 0 Å².